The highest BCUT2D eigenvalue weighted by Gasteiger charge is 2.50. The molecule has 1 saturated carbocycles. The van der Waals surface area contributed by atoms with Gasteiger partial charge in [-0.1, -0.05) is 56.5 Å². The van der Waals surface area contributed by atoms with Crippen molar-refractivity contribution in [2.75, 3.05) is 0 Å². The minimum absolute atomic E-state index is 0.00478. The summed E-state index contributed by atoms with van der Waals surface area (Å²) in [6, 6.07) is 8.89. The van der Waals surface area contributed by atoms with Crippen molar-refractivity contribution in [3.8, 4) is 0 Å². The number of carbonyl (C=O) groups is 2. The number of aliphatic hydroxyl groups excluding tert-OH is 1. The van der Waals surface area contributed by atoms with Gasteiger partial charge in [-0.2, -0.15) is 0 Å². The van der Waals surface area contributed by atoms with Gasteiger partial charge in [-0.3, -0.25) is 4.79 Å². The third-order valence-corrected chi connectivity index (χ3v) is 5.48. The van der Waals surface area contributed by atoms with Crippen molar-refractivity contribution in [2.45, 2.75) is 63.8 Å². The molecule has 1 saturated heterocycles. The number of unbranched alkanes of at least 4 members (excludes halogenated alkanes) is 2. The van der Waals surface area contributed by atoms with E-state index in [9.17, 15) is 14.7 Å². The Balaban J connectivity index is 1.66. The van der Waals surface area contributed by atoms with E-state index in [1.54, 1.807) is 30.3 Å². The summed E-state index contributed by atoms with van der Waals surface area (Å²) in [5, 5.41) is 10.2. The summed E-state index contributed by atoms with van der Waals surface area (Å²) < 4.78 is 11.1. The highest BCUT2D eigenvalue weighted by Crippen LogP contribution is 2.43. The first-order chi connectivity index (χ1) is 13.1. The van der Waals surface area contributed by atoms with Gasteiger partial charge in [0, 0.05) is 18.3 Å². The van der Waals surface area contributed by atoms with Crippen LogP contribution in [0, 0.1) is 11.8 Å². The van der Waals surface area contributed by atoms with Crippen molar-refractivity contribution in [2.24, 2.45) is 11.8 Å². The van der Waals surface area contributed by atoms with E-state index in [0.717, 1.165) is 25.7 Å². The van der Waals surface area contributed by atoms with Gasteiger partial charge in [0.15, 0.2) is 0 Å². The van der Waals surface area contributed by atoms with Crippen molar-refractivity contribution >= 4 is 11.9 Å². The van der Waals surface area contributed by atoms with E-state index < -0.39 is 6.10 Å². The summed E-state index contributed by atoms with van der Waals surface area (Å²) in [5.41, 5.74) is 0.508. The fourth-order valence-electron chi connectivity index (χ4n) is 4.03. The molecule has 0 spiro atoms. The Bertz CT molecular complexity index is 669. The van der Waals surface area contributed by atoms with Gasteiger partial charge in [-0.25, -0.2) is 4.79 Å². The maximum Gasteiger partial charge on any atom is 0.338 e. The molecule has 3 rings (SSSR count). The number of ether oxygens (including phenoxy) is 2. The van der Waals surface area contributed by atoms with Crippen LogP contribution in [0.4, 0.5) is 0 Å². The molecule has 1 aromatic rings. The zero-order chi connectivity index (χ0) is 19.2. The van der Waals surface area contributed by atoms with Gasteiger partial charge in [0.25, 0.3) is 0 Å². The summed E-state index contributed by atoms with van der Waals surface area (Å²) in [6.45, 7) is 2.13. The highest BCUT2D eigenvalue weighted by molar-refractivity contribution is 5.89. The first-order valence-corrected chi connectivity index (χ1v) is 9.90. The van der Waals surface area contributed by atoms with Crippen LogP contribution in [-0.4, -0.2) is 35.4 Å². The number of rotatable bonds is 8. The van der Waals surface area contributed by atoms with Crippen LogP contribution < -0.4 is 0 Å². The normalized spacial score (nSPS) is 28.1. The molecule has 1 heterocycles. The van der Waals surface area contributed by atoms with E-state index in [-0.39, 0.29) is 36.0 Å². The molecule has 3 unspecified atom stereocenters. The Morgan fingerprint density at radius 1 is 1.33 bits per heavy atom. The van der Waals surface area contributed by atoms with E-state index in [4.69, 9.17) is 9.47 Å². The van der Waals surface area contributed by atoms with Crippen LogP contribution in [0.15, 0.2) is 42.5 Å². The predicted octanol–water partition coefficient (Wildman–Crippen LogP) is 3.66. The molecule has 146 valence electrons. The largest absolute Gasteiger partial charge is 0.462 e. The van der Waals surface area contributed by atoms with Crippen molar-refractivity contribution in [1.29, 1.82) is 0 Å². The monoisotopic (exact) mass is 372 g/mol. The molecule has 5 heteroatoms. The lowest BCUT2D eigenvalue weighted by Crippen LogP contribution is -2.25. The van der Waals surface area contributed by atoms with Crippen LogP contribution in [0.1, 0.15) is 55.8 Å². The Morgan fingerprint density at radius 2 is 2.11 bits per heavy atom. The standard InChI is InChI=1S/C22H28O5/c1-2-3-5-10-16(23)11-12-17-18-13-21(24)26-20(18)14-19(17)27-22(25)15-8-6-4-7-9-15/h4,6-9,11-12,16-20,23H,2-3,5,10,13-14H2,1H3/b12-11+/t16-,17?,18+,19?,20?/m0/s1. The van der Waals surface area contributed by atoms with Gasteiger partial charge in [-0.15, -0.1) is 0 Å². The van der Waals surface area contributed by atoms with Crippen LogP contribution in [0.5, 0.6) is 0 Å². The lowest BCUT2D eigenvalue weighted by atomic mass is 9.91. The Labute approximate surface area is 160 Å². The first-order valence-electron chi connectivity index (χ1n) is 9.90. The Kier molecular flexibility index (Phi) is 6.67. The number of aliphatic hydroxyl groups is 1. The quantitative estimate of drug-likeness (QED) is 0.428. The number of hydrogen-bond donors (Lipinski definition) is 1. The van der Waals surface area contributed by atoms with E-state index in [1.807, 2.05) is 12.1 Å². The van der Waals surface area contributed by atoms with Crippen LogP contribution in [0.3, 0.4) is 0 Å². The summed E-state index contributed by atoms with van der Waals surface area (Å²) >= 11 is 0. The highest BCUT2D eigenvalue weighted by atomic mass is 16.6. The van der Waals surface area contributed by atoms with Gasteiger partial charge in [0.1, 0.15) is 12.2 Å². The third-order valence-electron chi connectivity index (χ3n) is 5.48. The van der Waals surface area contributed by atoms with Gasteiger partial charge < -0.3 is 14.6 Å². The lowest BCUT2D eigenvalue weighted by Gasteiger charge is -2.20. The summed E-state index contributed by atoms with van der Waals surface area (Å²) in [7, 11) is 0. The average molecular weight is 372 g/mol. The number of esters is 2. The fraction of sp³-hybridized carbons (Fsp3) is 0.545. The molecular formula is C22H28O5. The zero-order valence-corrected chi connectivity index (χ0v) is 15.8. The van der Waals surface area contributed by atoms with Crippen LogP contribution in [-0.2, 0) is 14.3 Å². The topological polar surface area (TPSA) is 72.8 Å². The molecule has 1 N–H and O–H groups in total. The molecule has 5 nitrogen and oxygen atoms in total. The minimum atomic E-state index is -0.515. The molecule has 1 aliphatic carbocycles. The molecule has 1 aliphatic heterocycles. The van der Waals surface area contributed by atoms with Crippen molar-refractivity contribution < 1.29 is 24.2 Å². The smallest absolute Gasteiger partial charge is 0.338 e. The Hall–Kier alpha value is -2.14. The van der Waals surface area contributed by atoms with Gasteiger partial charge in [0.05, 0.1) is 18.1 Å². The Morgan fingerprint density at radius 3 is 2.85 bits per heavy atom. The summed E-state index contributed by atoms with van der Waals surface area (Å²) in [5.74, 6) is -0.673. The molecule has 0 amide bonds. The van der Waals surface area contributed by atoms with Crippen molar-refractivity contribution in [3.63, 3.8) is 0 Å². The van der Waals surface area contributed by atoms with Crippen molar-refractivity contribution in [3.05, 3.63) is 48.0 Å². The third kappa shape index (κ3) is 4.98. The van der Waals surface area contributed by atoms with Crippen LogP contribution >= 0.6 is 0 Å². The average Bonchev–Trinajstić information content (AvgIpc) is 3.16. The van der Waals surface area contributed by atoms with Gasteiger partial charge >= 0.3 is 11.9 Å². The molecule has 0 radical (unpaired) electrons. The number of carbonyl (C=O) groups excluding carboxylic acids is 2. The number of fused-ring (bicyclic) bond motifs is 1. The van der Waals surface area contributed by atoms with E-state index >= 15 is 0 Å². The van der Waals surface area contributed by atoms with E-state index in [1.165, 1.54) is 0 Å². The molecule has 0 aromatic heterocycles. The lowest BCUT2D eigenvalue weighted by molar-refractivity contribution is -0.141. The van der Waals surface area contributed by atoms with Crippen molar-refractivity contribution in [1.82, 2.24) is 0 Å². The summed E-state index contributed by atoms with van der Waals surface area (Å²) in [6.07, 6.45) is 7.39. The maximum absolute atomic E-state index is 12.4. The van der Waals surface area contributed by atoms with E-state index in [0.29, 0.717) is 18.4 Å². The van der Waals surface area contributed by atoms with Gasteiger partial charge in [0.2, 0.25) is 0 Å². The molecule has 2 fully saturated rings. The van der Waals surface area contributed by atoms with Gasteiger partial charge in [-0.05, 0) is 18.6 Å². The maximum atomic E-state index is 12.4. The van der Waals surface area contributed by atoms with Crippen LogP contribution in [0.25, 0.3) is 0 Å². The predicted molar refractivity (Wildman–Crippen MR) is 101 cm³/mol. The molecule has 5 atom stereocenters. The minimum Gasteiger partial charge on any atom is -0.462 e. The summed E-state index contributed by atoms with van der Waals surface area (Å²) in [4.78, 5) is 24.1. The first kappa shape index (κ1) is 19.6. The SMILES string of the molecule is CCCCC[C@H](O)/C=C/C1C(OC(=O)c2ccccc2)CC2OC(=O)C[C@@H]21. The molecule has 0 bridgehead atoms. The number of hydrogen-bond acceptors (Lipinski definition) is 5. The second-order valence-electron chi connectivity index (χ2n) is 7.47. The van der Waals surface area contributed by atoms with Crippen LogP contribution in [0.2, 0.25) is 0 Å². The van der Waals surface area contributed by atoms with E-state index in [2.05, 4.69) is 6.92 Å². The zero-order valence-electron chi connectivity index (χ0n) is 15.8. The molecule has 1 aromatic carbocycles. The molecule has 27 heavy (non-hydrogen) atoms. The molecular weight excluding hydrogens is 344 g/mol. The second-order valence-corrected chi connectivity index (χ2v) is 7.47. The fourth-order valence-corrected chi connectivity index (χ4v) is 4.03. The molecule has 2 aliphatic rings. The number of benzene rings is 1. The second kappa shape index (κ2) is 9.18.